The van der Waals surface area contributed by atoms with Gasteiger partial charge in [0, 0.05) is 0 Å². The van der Waals surface area contributed by atoms with Gasteiger partial charge in [0.1, 0.15) is 12.2 Å². The Labute approximate surface area is 121 Å². The minimum Gasteiger partial charge on any atom is -0.394 e. The van der Waals surface area contributed by atoms with E-state index in [-0.39, 0.29) is 11.6 Å². The zero-order valence-electron chi connectivity index (χ0n) is 10.9. The number of hydrogen-bond donors (Lipinski definition) is 3. The number of nitrogens with two attached hydrogens (primary N) is 1. The molecule has 0 aromatic carbocycles. The molecule has 3 rings (SSSR count). The van der Waals surface area contributed by atoms with E-state index in [4.69, 9.17) is 15.6 Å². The molecule has 114 valence electrons. The number of thiazole rings is 1. The van der Waals surface area contributed by atoms with Crippen LogP contribution in [0.3, 0.4) is 0 Å². The maximum absolute atomic E-state index is 14.0. The summed E-state index contributed by atoms with van der Waals surface area (Å²) in [5, 5.41) is 19.2. The molecule has 0 bridgehead atoms. The summed E-state index contributed by atoms with van der Waals surface area (Å²) in [6.45, 7) is 0.757. The van der Waals surface area contributed by atoms with E-state index < -0.39 is 35.6 Å². The van der Waals surface area contributed by atoms with Gasteiger partial charge < -0.3 is 20.7 Å². The molecule has 0 unspecified atom stereocenters. The molecule has 1 fully saturated rings. The van der Waals surface area contributed by atoms with Gasteiger partial charge in [-0.15, -0.1) is 0 Å². The smallest absolute Gasteiger partial charge is 0.311 e. The first-order valence-corrected chi connectivity index (χ1v) is 6.95. The molecule has 4 atom stereocenters. The summed E-state index contributed by atoms with van der Waals surface area (Å²) in [6.07, 6.45) is -3.28. The number of halogens is 1. The first kappa shape index (κ1) is 14.3. The number of aliphatic hydroxyl groups is 2. The van der Waals surface area contributed by atoms with Crippen LogP contribution >= 0.6 is 11.3 Å². The van der Waals surface area contributed by atoms with Crippen LogP contribution < -0.4 is 10.6 Å². The van der Waals surface area contributed by atoms with Gasteiger partial charge in [0.2, 0.25) is 5.95 Å². The lowest BCUT2D eigenvalue weighted by atomic mass is 10.1. The molecular weight excluding hydrogens is 303 g/mol. The fraction of sp³-hybridized carbons (Fsp3) is 0.545. The van der Waals surface area contributed by atoms with Gasteiger partial charge in [0.05, 0.1) is 17.5 Å². The first-order chi connectivity index (χ1) is 9.88. The third-order valence-corrected chi connectivity index (χ3v) is 4.43. The van der Waals surface area contributed by atoms with Gasteiger partial charge in [-0.2, -0.15) is 4.98 Å². The van der Waals surface area contributed by atoms with Crippen LogP contribution in [-0.4, -0.2) is 49.7 Å². The minimum absolute atomic E-state index is 0.0550. The van der Waals surface area contributed by atoms with Crippen molar-refractivity contribution in [3.63, 3.8) is 0 Å². The molecule has 2 aromatic heterocycles. The van der Waals surface area contributed by atoms with Gasteiger partial charge >= 0.3 is 4.87 Å². The van der Waals surface area contributed by atoms with E-state index in [0.29, 0.717) is 4.70 Å². The summed E-state index contributed by atoms with van der Waals surface area (Å²) in [4.78, 5) is 19.4. The Morgan fingerprint density at radius 3 is 3.00 bits per heavy atom. The number of anilines is 1. The molecule has 10 heteroatoms. The monoisotopic (exact) mass is 316 g/mol. The molecule has 0 aliphatic carbocycles. The van der Waals surface area contributed by atoms with Crippen LogP contribution in [0.4, 0.5) is 10.3 Å². The van der Waals surface area contributed by atoms with Gasteiger partial charge in [0.15, 0.2) is 17.5 Å². The molecule has 8 nitrogen and oxygen atoms in total. The molecule has 4 N–H and O–H groups in total. The van der Waals surface area contributed by atoms with Crippen molar-refractivity contribution < 1.29 is 19.3 Å². The minimum atomic E-state index is -1.82. The molecule has 0 radical (unpaired) electrons. The molecule has 21 heavy (non-hydrogen) atoms. The third kappa shape index (κ3) is 1.94. The number of rotatable bonds is 2. The molecule has 1 aliphatic rings. The van der Waals surface area contributed by atoms with Crippen LogP contribution in [0.1, 0.15) is 6.92 Å². The fourth-order valence-corrected chi connectivity index (χ4v) is 3.37. The number of alkyl halides is 1. The van der Waals surface area contributed by atoms with Gasteiger partial charge in [-0.1, -0.05) is 11.3 Å². The van der Waals surface area contributed by atoms with Crippen molar-refractivity contribution in [2.75, 3.05) is 12.3 Å². The molecule has 2 aromatic rings. The van der Waals surface area contributed by atoms with E-state index >= 15 is 0 Å². The molecule has 0 spiro atoms. The number of fused-ring (bicyclic) bond motifs is 1. The van der Waals surface area contributed by atoms with Crippen molar-refractivity contribution in [2.45, 2.75) is 31.0 Å². The highest BCUT2D eigenvalue weighted by Crippen LogP contribution is 2.38. The predicted octanol–water partition coefficient (Wildman–Crippen LogP) is -0.802. The second-order valence-electron chi connectivity index (χ2n) is 4.90. The van der Waals surface area contributed by atoms with Crippen molar-refractivity contribution in [2.24, 2.45) is 0 Å². The van der Waals surface area contributed by atoms with E-state index in [1.54, 1.807) is 0 Å². The molecule has 0 saturated carbocycles. The van der Waals surface area contributed by atoms with Crippen molar-refractivity contribution in [3.8, 4) is 0 Å². The molecule has 1 aliphatic heterocycles. The topological polar surface area (TPSA) is 123 Å². The molecule has 3 heterocycles. The summed E-state index contributed by atoms with van der Waals surface area (Å²) in [5.74, 6) is -0.0550. The summed E-state index contributed by atoms with van der Waals surface area (Å²) >= 11 is 0.836. The summed E-state index contributed by atoms with van der Waals surface area (Å²) in [6, 6.07) is 0. The maximum atomic E-state index is 14.0. The number of aliphatic hydroxyl groups excluding tert-OH is 2. The highest BCUT2D eigenvalue weighted by atomic mass is 32.1. The Balaban J connectivity index is 2.22. The first-order valence-electron chi connectivity index (χ1n) is 6.14. The van der Waals surface area contributed by atoms with Crippen molar-refractivity contribution in [1.82, 2.24) is 14.5 Å². The van der Waals surface area contributed by atoms with E-state index in [1.807, 2.05) is 0 Å². The summed E-state index contributed by atoms with van der Waals surface area (Å²) < 4.78 is 20.9. The Morgan fingerprint density at radius 2 is 2.38 bits per heavy atom. The number of nitrogens with zero attached hydrogens (tertiary/aromatic N) is 3. The van der Waals surface area contributed by atoms with E-state index in [9.17, 15) is 14.3 Å². The van der Waals surface area contributed by atoms with Gasteiger partial charge in [-0.25, -0.2) is 9.37 Å². The second-order valence-corrected chi connectivity index (χ2v) is 5.90. The largest absolute Gasteiger partial charge is 0.394 e. The van der Waals surface area contributed by atoms with E-state index in [0.717, 1.165) is 15.9 Å². The van der Waals surface area contributed by atoms with Gasteiger partial charge in [0.25, 0.3) is 0 Å². The van der Waals surface area contributed by atoms with Crippen LogP contribution in [0, 0.1) is 0 Å². The quantitative estimate of drug-likeness (QED) is 0.662. The van der Waals surface area contributed by atoms with Crippen molar-refractivity contribution in [3.05, 3.63) is 15.9 Å². The van der Waals surface area contributed by atoms with Crippen LogP contribution in [0.25, 0.3) is 10.3 Å². The zero-order chi connectivity index (χ0) is 15.4. The average Bonchev–Trinajstić information content (AvgIpc) is 2.88. The van der Waals surface area contributed by atoms with Crippen molar-refractivity contribution in [1.29, 1.82) is 0 Å². The lowest BCUT2D eigenvalue weighted by Crippen LogP contribution is -2.46. The number of hydrogen-bond acceptors (Lipinski definition) is 8. The highest BCUT2D eigenvalue weighted by molar-refractivity contribution is 7.16. The summed E-state index contributed by atoms with van der Waals surface area (Å²) in [5.41, 5.74) is 3.99. The second kappa shape index (κ2) is 4.70. The van der Waals surface area contributed by atoms with Crippen LogP contribution in [0.15, 0.2) is 11.0 Å². The molecule has 0 amide bonds. The Morgan fingerprint density at radius 1 is 1.67 bits per heavy atom. The summed E-state index contributed by atoms with van der Waals surface area (Å²) in [7, 11) is 0. The Bertz CT molecular complexity index is 749. The number of nitrogen functional groups attached to an aromatic ring is 1. The van der Waals surface area contributed by atoms with E-state index in [1.165, 1.54) is 13.1 Å². The lowest BCUT2D eigenvalue weighted by Gasteiger charge is -2.28. The SMILES string of the molecule is C[C@@]1(n2c(=O)sc3cnc(N)nc32)O[C@H](CO)[C@H](F)[C@H]1O. The lowest BCUT2D eigenvalue weighted by molar-refractivity contribution is -0.133. The normalized spacial score (nSPS) is 32.9. The van der Waals surface area contributed by atoms with Gasteiger partial charge in [-0.05, 0) is 6.92 Å². The van der Waals surface area contributed by atoms with Crippen LogP contribution in [0.5, 0.6) is 0 Å². The standard InChI is InChI=1S/C11H13FN4O4S/c1-11(7(18)6(12)4(3-17)20-11)16-8-5(21-10(16)19)2-14-9(13)15-8/h2,4,6-7,17-18H,3H2,1H3,(H2,13,14,15)/t4-,6+,7-,11-/m1/s1. The highest BCUT2D eigenvalue weighted by Gasteiger charge is 2.54. The average molecular weight is 316 g/mol. The van der Waals surface area contributed by atoms with Crippen molar-refractivity contribution >= 4 is 27.6 Å². The zero-order valence-corrected chi connectivity index (χ0v) is 11.7. The van der Waals surface area contributed by atoms with Crippen LogP contribution in [0.2, 0.25) is 0 Å². The van der Waals surface area contributed by atoms with Gasteiger partial charge in [-0.3, -0.25) is 9.36 Å². The third-order valence-electron chi connectivity index (χ3n) is 3.57. The van der Waals surface area contributed by atoms with Crippen LogP contribution in [-0.2, 0) is 10.5 Å². The maximum Gasteiger partial charge on any atom is 0.311 e. The number of aromatic nitrogens is 3. The molecule has 1 saturated heterocycles. The van der Waals surface area contributed by atoms with E-state index in [2.05, 4.69) is 9.97 Å². The molecular formula is C11H13FN4O4S. The number of ether oxygens (including phenoxy) is 1. The Kier molecular flexibility index (Phi) is 3.20. The predicted molar refractivity (Wildman–Crippen MR) is 72.6 cm³/mol. The Hall–Kier alpha value is -1.62. The fourth-order valence-electron chi connectivity index (χ4n) is 2.49.